The van der Waals surface area contributed by atoms with Crippen LogP contribution in [0.25, 0.3) is 17.4 Å². The van der Waals surface area contributed by atoms with Crippen molar-refractivity contribution in [2.24, 2.45) is 10.9 Å². The average molecular weight is 632 g/mol. The molecule has 232 valence electrons. The molecule has 13 heteroatoms. The van der Waals surface area contributed by atoms with Crippen molar-refractivity contribution in [1.29, 1.82) is 0 Å². The van der Waals surface area contributed by atoms with E-state index < -0.39 is 28.5 Å². The molecular weight excluding hydrogens is 602 g/mol. The molecule has 5 rings (SSSR count). The number of nitrogens with zero attached hydrogens (tertiary/aromatic N) is 3. The first-order chi connectivity index (χ1) is 21.5. The molecule has 0 saturated heterocycles. The normalized spacial score (nSPS) is 14.6. The minimum atomic E-state index is -0.930. The van der Waals surface area contributed by atoms with Crippen LogP contribution in [-0.2, 0) is 14.3 Å². The van der Waals surface area contributed by atoms with E-state index in [0.29, 0.717) is 33.1 Å². The van der Waals surface area contributed by atoms with Gasteiger partial charge in [-0.3, -0.25) is 24.3 Å². The first-order valence-corrected chi connectivity index (χ1v) is 14.7. The predicted molar refractivity (Wildman–Crippen MR) is 165 cm³/mol. The number of fused-ring (bicyclic) bond motifs is 1. The maximum Gasteiger partial charge on any atom is 0.338 e. The molecule has 2 aromatic carbocycles. The van der Waals surface area contributed by atoms with Crippen molar-refractivity contribution in [1.82, 2.24) is 4.57 Å². The maximum absolute atomic E-state index is 14.0. The van der Waals surface area contributed by atoms with E-state index in [-0.39, 0.29) is 39.8 Å². The number of rotatable bonds is 9. The molecular formula is C32H29N3O9S. The smallest absolute Gasteiger partial charge is 0.338 e. The van der Waals surface area contributed by atoms with Crippen molar-refractivity contribution in [2.45, 2.75) is 33.7 Å². The minimum absolute atomic E-state index is 0.0747. The number of thiazole rings is 1. The lowest BCUT2D eigenvalue weighted by molar-refractivity contribution is -0.384. The number of nitro benzene ring substituents is 1. The van der Waals surface area contributed by atoms with E-state index in [1.807, 2.05) is 13.8 Å². The lowest BCUT2D eigenvalue weighted by Crippen LogP contribution is -2.40. The number of nitro groups is 1. The van der Waals surface area contributed by atoms with Crippen molar-refractivity contribution in [3.63, 3.8) is 0 Å². The predicted octanol–water partition coefficient (Wildman–Crippen LogP) is 4.54. The van der Waals surface area contributed by atoms with Crippen LogP contribution in [0.2, 0.25) is 0 Å². The summed E-state index contributed by atoms with van der Waals surface area (Å²) < 4.78 is 23.9. The van der Waals surface area contributed by atoms with Gasteiger partial charge in [-0.05, 0) is 42.7 Å². The zero-order chi connectivity index (χ0) is 32.4. The summed E-state index contributed by atoms with van der Waals surface area (Å²) in [6, 6.07) is 13.2. The third-order valence-electron chi connectivity index (χ3n) is 6.79. The number of ether oxygens (including phenoxy) is 3. The molecule has 3 heterocycles. The molecule has 0 aliphatic carbocycles. The van der Waals surface area contributed by atoms with Gasteiger partial charge in [0.05, 0.1) is 40.5 Å². The van der Waals surface area contributed by atoms with Gasteiger partial charge in [-0.25, -0.2) is 9.79 Å². The Kier molecular flexibility index (Phi) is 8.82. The molecule has 4 aromatic rings. The molecule has 1 unspecified atom stereocenters. The number of non-ortho nitro benzene ring substituents is 1. The van der Waals surface area contributed by atoms with Gasteiger partial charge in [-0.2, -0.15) is 0 Å². The van der Waals surface area contributed by atoms with Crippen LogP contribution in [0.5, 0.6) is 11.5 Å². The summed E-state index contributed by atoms with van der Waals surface area (Å²) in [5.41, 5.74) is 1.08. The molecule has 0 fully saturated rings. The lowest BCUT2D eigenvalue weighted by Gasteiger charge is -2.25. The number of hydrogen-bond acceptors (Lipinski definition) is 11. The summed E-state index contributed by atoms with van der Waals surface area (Å²) in [7, 11) is 1.42. The fraction of sp³-hybridized carbons (Fsp3) is 0.250. The summed E-state index contributed by atoms with van der Waals surface area (Å²) in [6.07, 6.45) is 1.56. The molecule has 0 radical (unpaired) electrons. The molecule has 0 saturated carbocycles. The Bertz CT molecular complexity index is 2030. The highest BCUT2D eigenvalue weighted by molar-refractivity contribution is 7.07. The highest BCUT2D eigenvalue weighted by atomic mass is 32.1. The molecule has 0 amide bonds. The summed E-state index contributed by atoms with van der Waals surface area (Å²) in [5.74, 6) is 0.0911. The first-order valence-electron chi connectivity index (χ1n) is 13.9. The Morgan fingerprint density at radius 2 is 1.93 bits per heavy atom. The van der Waals surface area contributed by atoms with E-state index in [2.05, 4.69) is 4.99 Å². The molecule has 0 N–H and O–H groups in total. The second kappa shape index (κ2) is 12.7. The van der Waals surface area contributed by atoms with Gasteiger partial charge in [0.2, 0.25) is 0 Å². The fourth-order valence-electron chi connectivity index (χ4n) is 4.80. The van der Waals surface area contributed by atoms with E-state index in [1.54, 1.807) is 49.4 Å². The highest BCUT2D eigenvalue weighted by Crippen LogP contribution is 2.36. The lowest BCUT2D eigenvalue weighted by atomic mass is 9.95. The van der Waals surface area contributed by atoms with E-state index in [0.717, 1.165) is 11.3 Å². The molecule has 1 atom stereocenters. The summed E-state index contributed by atoms with van der Waals surface area (Å²) in [5, 5.41) is 11.2. The topological polar surface area (TPSA) is 152 Å². The number of carbonyl (C=O) groups excluding carboxylic acids is 2. The maximum atomic E-state index is 14.0. The van der Waals surface area contributed by atoms with E-state index in [9.17, 15) is 24.5 Å². The van der Waals surface area contributed by atoms with Crippen LogP contribution < -0.4 is 24.4 Å². The molecule has 1 aliphatic heterocycles. The van der Waals surface area contributed by atoms with Crippen LogP contribution in [0.3, 0.4) is 0 Å². The quantitative estimate of drug-likeness (QED) is 0.112. The van der Waals surface area contributed by atoms with Crippen molar-refractivity contribution in [2.75, 3.05) is 13.7 Å². The Morgan fingerprint density at radius 1 is 1.16 bits per heavy atom. The van der Waals surface area contributed by atoms with Crippen LogP contribution in [0, 0.1) is 16.0 Å². The number of hydrogen-bond donors (Lipinski definition) is 0. The highest BCUT2D eigenvalue weighted by Gasteiger charge is 2.34. The third-order valence-corrected chi connectivity index (χ3v) is 7.77. The van der Waals surface area contributed by atoms with Crippen molar-refractivity contribution in [3.8, 4) is 22.8 Å². The molecule has 45 heavy (non-hydrogen) atoms. The number of methoxy groups -OCH3 is 1. The number of furan rings is 1. The van der Waals surface area contributed by atoms with Crippen molar-refractivity contribution in [3.05, 3.63) is 107 Å². The van der Waals surface area contributed by atoms with E-state index in [1.165, 1.54) is 36.8 Å². The standard InChI is InChI=1S/C32H29N3O9S/c1-17(2)16-42-31(38)28-18(3)33-32-34(29(28)21-9-11-25(43-19(4)36)26(14-21)41-5)30(37)27(45-32)15-23-10-12-24(44-23)20-7-6-8-22(13-20)35(39)40/h6-15,17,29H,16H2,1-5H3/b27-15+. The summed E-state index contributed by atoms with van der Waals surface area (Å²) in [6.45, 7) is 6.95. The van der Waals surface area contributed by atoms with Gasteiger partial charge in [-0.1, -0.05) is 43.4 Å². The molecule has 1 aliphatic rings. The molecule has 12 nitrogen and oxygen atoms in total. The fourth-order valence-corrected chi connectivity index (χ4v) is 5.83. The van der Waals surface area contributed by atoms with Gasteiger partial charge in [0, 0.05) is 30.7 Å². The second-order valence-electron chi connectivity index (χ2n) is 10.6. The Morgan fingerprint density at radius 3 is 2.62 bits per heavy atom. The van der Waals surface area contributed by atoms with Crippen LogP contribution >= 0.6 is 11.3 Å². The van der Waals surface area contributed by atoms with Gasteiger partial charge in [0.1, 0.15) is 11.5 Å². The van der Waals surface area contributed by atoms with Crippen LogP contribution in [0.15, 0.2) is 80.1 Å². The van der Waals surface area contributed by atoms with E-state index >= 15 is 0 Å². The molecule has 0 bridgehead atoms. The van der Waals surface area contributed by atoms with Gasteiger partial charge in [0.25, 0.3) is 11.2 Å². The van der Waals surface area contributed by atoms with Gasteiger partial charge < -0.3 is 18.6 Å². The van der Waals surface area contributed by atoms with Crippen molar-refractivity contribution >= 4 is 35.0 Å². The number of allylic oxidation sites excluding steroid dienone is 1. The zero-order valence-corrected chi connectivity index (χ0v) is 25.9. The third kappa shape index (κ3) is 6.48. The van der Waals surface area contributed by atoms with Gasteiger partial charge >= 0.3 is 11.9 Å². The van der Waals surface area contributed by atoms with E-state index in [4.69, 9.17) is 18.6 Å². The largest absolute Gasteiger partial charge is 0.493 e. The van der Waals surface area contributed by atoms with Gasteiger partial charge in [0.15, 0.2) is 16.3 Å². The number of esters is 2. The SMILES string of the molecule is COc1cc(C2C(C(=O)OCC(C)C)=C(C)N=c3s/c(=C/c4ccc(-c5cccc([N+](=O)[O-])c5)o4)c(=O)n32)ccc1OC(C)=O. The summed E-state index contributed by atoms with van der Waals surface area (Å²) in [4.78, 5) is 54.8. The zero-order valence-electron chi connectivity index (χ0n) is 25.1. The average Bonchev–Trinajstić information content (AvgIpc) is 3.59. The monoisotopic (exact) mass is 631 g/mol. The second-order valence-corrected chi connectivity index (χ2v) is 11.6. The van der Waals surface area contributed by atoms with Crippen LogP contribution in [-0.4, -0.2) is 35.1 Å². The van der Waals surface area contributed by atoms with Crippen LogP contribution in [0.1, 0.15) is 45.1 Å². The number of carbonyl (C=O) groups is 2. The Balaban J connectivity index is 1.63. The van der Waals surface area contributed by atoms with Crippen molar-refractivity contribution < 1.29 is 33.1 Å². The van der Waals surface area contributed by atoms with Gasteiger partial charge in [-0.15, -0.1) is 0 Å². The molecule has 0 spiro atoms. The Labute approximate surface area is 260 Å². The Hall–Kier alpha value is -5.30. The number of aromatic nitrogens is 1. The van der Waals surface area contributed by atoms with Crippen LogP contribution in [0.4, 0.5) is 5.69 Å². The number of benzene rings is 2. The minimum Gasteiger partial charge on any atom is -0.493 e. The molecule has 2 aromatic heterocycles. The first kappa shape index (κ1) is 31.1. The summed E-state index contributed by atoms with van der Waals surface area (Å²) >= 11 is 1.12.